The summed E-state index contributed by atoms with van der Waals surface area (Å²) in [6, 6.07) is 0. The van der Waals surface area contributed by atoms with Gasteiger partial charge in [0.15, 0.2) is 0 Å². The van der Waals surface area contributed by atoms with Crippen LogP contribution in [-0.2, 0) is 6.61 Å². The minimum atomic E-state index is -0.0257. The lowest BCUT2D eigenvalue weighted by Gasteiger charge is -2.21. The van der Waals surface area contributed by atoms with Crippen molar-refractivity contribution in [3.63, 3.8) is 0 Å². The van der Waals surface area contributed by atoms with Crippen molar-refractivity contribution in [1.29, 1.82) is 0 Å². The first kappa shape index (κ1) is 13.3. The van der Waals surface area contributed by atoms with Crippen LogP contribution < -0.4 is 4.90 Å². The third kappa shape index (κ3) is 2.80. The van der Waals surface area contributed by atoms with Gasteiger partial charge in [0.25, 0.3) is 0 Å². The van der Waals surface area contributed by atoms with Crippen molar-refractivity contribution in [2.45, 2.75) is 39.7 Å². The number of aliphatic hydroxyl groups excluding tert-OH is 1. The summed E-state index contributed by atoms with van der Waals surface area (Å²) in [6.07, 6.45) is 3.16. The molecule has 2 atom stereocenters. The Bertz CT molecular complexity index is 420. The van der Waals surface area contributed by atoms with Crippen LogP contribution in [0.3, 0.4) is 0 Å². The van der Waals surface area contributed by atoms with Crippen LogP contribution in [0.5, 0.6) is 0 Å². The molecule has 1 aromatic rings. The van der Waals surface area contributed by atoms with E-state index in [-0.39, 0.29) is 12.5 Å². The predicted octanol–water partition coefficient (Wildman–Crippen LogP) is 2.18. The summed E-state index contributed by atoms with van der Waals surface area (Å²) in [5, 5.41) is 9.46. The Labute approximate surface area is 109 Å². The van der Waals surface area contributed by atoms with Gasteiger partial charge >= 0.3 is 0 Å². The SMILES string of the molecule is CC(C)c1ncc(N(C)CC2CC2C)c(CO)n1. The topological polar surface area (TPSA) is 49.2 Å². The average molecular weight is 249 g/mol. The van der Waals surface area contributed by atoms with Crippen LogP contribution in [0, 0.1) is 11.8 Å². The van der Waals surface area contributed by atoms with Crippen molar-refractivity contribution >= 4 is 5.69 Å². The fraction of sp³-hybridized carbons (Fsp3) is 0.714. The lowest BCUT2D eigenvalue weighted by molar-refractivity contribution is 0.276. The molecule has 1 heterocycles. The molecule has 1 aliphatic rings. The standard InChI is InChI=1S/C14H23N3O/c1-9(2)14-15-6-13(12(8-18)16-14)17(4)7-11-5-10(11)3/h6,9-11,18H,5,7-8H2,1-4H3. The molecule has 100 valence electrons. The maximum Gasteiger partial charge on any atom is 0.131 e. The molecule has 4 nitrogen and oxygen atoms in total. The number of hydrogen-bond donors (Lipinski definition) is 1. The Balaban J connectivity index is 2.15. The molecule has 1 fully saturated rings. The third-order valence-corrected chi connectivity index (χ3v) is 3.73. The first-order chi connectivity index (χ1) is 8.52. The van der Waals surface area contributed by atoms with Gasteiger partial charge in [-0.25, -0.2) is 9.97 Å². The van der Waals surface area contributed by atoms with Crippen molar-refractivity contribution in [3.05, 3.63) is 17.7 Å². The summed E-state index contributed by atoms with van der Waals surface area (Å²) < 4.78 is 0. The Kier molecular flexibility index (Phi) is 3.85. The molecule has 1 aliphatic carbocycles. The second kappa shape index (κ2) is 5.22. The van der Waals surface area contributed by atoms with Gasteiger partial charge in [0.05, 0.1) is 24.2 Å². The number of anilines is 1. The highest BCUT2D eigenvalue weighted by molar-refractivity contribution is 5.48. The molecular weight excluding hydrogens is 226 g/mol. The number of rotatable bonds is 5. The van der Waals surface area contributed by atoms with Gasteiger partial charge in [0.2, 0.25) is 0 Å². The Morgan fingerprint density at radius 2 is 2.17 bits per heavy atom. The molecule has 0 aromatic carbocycles. The van der Waals surface area contributed by atoms with E-state index in [2.05, 4.69) is 42.7 Å². The molecule has 0 radical (unpaired) electrons. The Hall–Kier alpha value is -1.16. The summed E-state index contributed by atoms with van der Waals surface area (Å²) in [7, 11) is 2.05. The zero-order valence-corrected chi connectivity index (χ0v) is 11.7. The average Bonchev–Trinajstić information content (AvgIpc) is 3.03. The van der Waals surface area contributed by atoms with Gasteiger partial charge in [-0.05, 0) is 18.3 Å². The van der Waals surface area contributed by atoms with Gasteiger partial charge in [0.1, 0.15) is 5.82 Å². The first-order valence-electron chi connectivity index (χ1n) is 6.70. The van der Waals surface area contributed by atoms with Gasteiger partial charge in [-0.1, -0.05) is 20.8 Å². The molecule has 0 spiro atoms. The predicted molar refractivity (Wildman–Crippen MR) is 72.6 cm³/mol. The largest absolute Gasteiger partial charge is 0.390 e. The van der Waals surface area contributed by atoms with E-state index in [4.69, 9.17) is 0 Å². The van der Waals surface area contributed by atoms with Crippen molar-refractivity contribution in [2.75, 3.05) is 18.5 Å². The minimum Gasteiger partial charge on any atom is -0.390 e. The zero-order valence-electron chi connectivity index (χ0n) is 11.7. The summed E-state index contributed by atoms with van der Waals surface area (Å²) in [5.41, 5.74) is 1.70. The number of nitrogens with zero attached hydrogens (tertiary/aromatic N) is 3. The smallest absolute Gasteiger partial charge is 0.131 e. The number of aliphatic hydroxyl groups is 1. The monoisotopic (exact) mass is 249 g/mol. The second-order valence-corrected chi connectivity index (χ2v) is 5.73. The van der Waals surface area contributed by atoms with E-state index >= 15 is 0 Å². The van der Waals surface area contributed by atoms with E-state index in [1.165, 1.54) is 6.42 Å². The molecule has 2 rings (SSSR count). The van der Waals surface area contributed by atoms with Crippen LogP contribution in [0.1, 0.15) is 44.6 Å². The van der Waals surface area contributed by atoms with Crippen LogP contribution in [0.2, 0.25) is 0 Å². The van der Waals surface area contributed by atoms with Crippen LogP contribution >= 0.6 is 0 Å². The van der Waals surface area contributed by atoms with Gasteiger partial charge in [-0.15, -0.1) is 0 Å². The van der Waals surface area contributed by atoms with Gasteiger partial charge in [-0.3, -0.25) is 0 Å². The molecule has 18 heavy (non-hydrogen) atoms. The van der Waals surface area contributed by atoms with E-state index in [0.717, 1.165) is 35.6 Å². The van der Waals surface area contributed by atoms with E-state index in [1.807, 2.05) is 6.20 Å². The lowest BCUT2D eigenvalue weighted by Crippen LogP contribution is -2.23. The van der Waals surface area contributed by atoms with Gasteiger partial charge in [-0.2, -0.15) is 0 Å². The molecule has 0 saturated heterocycles. The Morgan fingerprint density at radius 1 is 1.50 bits per heavy atom. The summed E-state index contributed by atoms with van der Waals surface area (Å²) in [6.45, 7) is 7.40. The highest BCUT2D eigenvalue weighted by atomic mass is 16.3. The van der Waals surface area contributed by atoms with E-state index in [1.54, 1.807) is 0 Å². The third-order valence-electron chi connectivity index (χ3n) is 3.73. The van der Waals surface area contributed by atoms with E-state index in [9.17, 15) is 5.11 Å². The molecule has 1 aromatic heterocycles. The summed E-state index contributed by atoms with van der Waals surface area (Å²) >= 11 is 0. The quantitative estimate of drug-likeness (QED) is 0.869. The molecule has 4 heteroatoms. The van der Waals surface area contributed by atoms with Crippen LogP contribution in [0.15, 0.2) is 6.20 Å². The molecule has 0 bridgehead atoms. The molecule has 2 unspecified atom stereocenters. The van der Waals surface area contributed by atoms with Crippen molar-refractivity contribution in [1.82, 2.24) is 9.97 Å². The van der Waals surface area contributed by atoms with Crippen molar-refractivity contribution in [2.24, 2.45) is 11.8 Å². The van der Waals surface area contributed by atoms with Crippen LogP contribution in [0.25, 0.3) is 0 Å². The van der Waals surface area contributed by atoms with Crippen LogP contribution in [-0.4, -0.2) is 28.7 Å². The first-order valence-corrected chi connectivity index (χ1v) is 6.70. The van der Waals surface area contributed by atoms with Crippen LogP contribution in [0.4, 0.5) is 5.69 Å². The molecule has 1 N–H and O–H groups in total. The maximum absolute atomic E-state index is 9.46. The van der Waals surface area contributed by atoms with Crippen molar-refractivity contribution in [3.8, 4) is 0 Å². The minimum absolute atomic E-state index is 0.0257. The Morgan fingerprint density at radius 3 is 2.67 bits per heavy atom. The second-order valence-electron chi connectivity index (χ2n) is 5.73. The number of aromatic nitrogens is 2. The summed E-state index contributed by atoms with van der Waals surface area (Å²) in [5.74, 6) is 2.71. The molecular formula is C14H23N3O. The lowest BCUT2D eigenvalue weighted by atomic mass is 10.2. The fourth-order valence-electron chi connectivity index (χ4n) is 2.24. The number of hydrogen-bond acceptors (Lipinski definition) is 4. The van der Waals surface area contributed by atoms with Gasteiger partial charge in [0, 0.05) is 19.5 Å². The molecule has 0 amide bonds. The maximum atomic E-state index is 9.46. The van der Waals surface area contributed by atoms with E-state index in [0.29, 0.717) is 0 Å². The molecule has 1 saturated carbocycles. The van der Waals surface area contributed by atoms with Gasteiger partial charge < -0.3 is 10.0 Å². The van der Waals surface area contributed by atoms with Crippen molar-refractivity contribution < 1.29 is 5.11 Å². The normalized spacial score (nSPS) is 22.3. The zero-order chi connectivity index (χ0) is 13.3. The van der Waals surface area contributed by atoms with E-state index < -0.39 is 0 Å². The fourth-order valence-corrected chi connectivity index (χ4v) is 2.24. The molecule has 0 aliphatic heterocycles. The highest BCUT2D eigenvalue weighted by Gasteiger charge is 2.33. The highest BCUT2D eigenvalue weighted by Crippen LogP contribution is 2.38. The summed E-state index contributed by atoms with van der Waals surface area (Å²) in [4.78, 5) is 11.0.